The zero-order valence-corrected chi connectivity index (χ0v) is 10.7. The molecule has 0 unspecified atom stereocenters. The van der Waals surface area contributed by atoms with Crippen LogP contribution in [0.5, 0.6) is 0 Å². The molecular formula is C17H13F2N. The normalized spacial score (nSPS) is 10.7. The minimum atomic E-state index is -0.817. The first-order valence-electron chi connectivity index (χ1n) is 6.39. The van der Waals surface area contributed by atoms with Crippen LogP contribution in [-0.2, 0) is 6.54 Å². The maximum absolute atomic E-state index is 13.5. The number of benzene rings is 3. The Morgan fingerprint density at radius 2 is 1.60 bits per heavy atom. The van der Waals surface area contributed by atoms with Crippen LogP contribution in [0.15, 0.2) is 60.7 Å². The summed E-state index contributed by atoms with van der Waals surface area (Å²) in [6.07, 6.45) is 0. The van der Waals surface area contributed by atoms with Crippen LogP contribution < -0.4 is 5.32 Å². The highest BCUT2D eigenvalue weighted by molar-refractivity contribution is 5.85. The summed E-state index contributed by atoms with van der Waals surface area (Å²) in [4.78, 5) is 0. The molecule has 3 rings (SSSR count). The first-order chi connectivity index (χ1) is 9.74. The largest absolute Gasteiger partial charge is 0.381 e. The smallest absolute Gasteiger partial charge is 0.163 e. The van der Waals surface area contributed by atoms with Gasteiger partial charge < -0.3 is 5.32 Å². The second-order valence-electron chi connectivity index (χ2n) is 4.63. The van der Waals surface area contributed by atoms with Crippen molar-refractivity contribution in [1.82, 2.24) is 0 Å². The monoisotopic (exact) mass is 269 g/mol. The van der Waals surface area contributed by atoms with Gasteiger partial charge in [-0.2, -0.15) is 0 Å². The van der Waals surface area contributed by atoms with Crippen LogP contribution in [0.25, 0.3) is 10.8 Å². The molecule has 0 amide bonds. The maximum Gasteiger partial charge on any atom is 0.163 e. The average Bonchev–Trinajstić information content (AvgIpc) is 2.48. The van der Waals surface area contributed by atoms with Crippen molar-refractivity contribution in [2.45, 2.75) is 6.54 Å². The van der Waals surface area contributed by atoms with Gasteiger partial charge in [-0.1, -0.05) is 42.5 Å². The molecule has 0 aromatic heterocycles. The van der Waals surface area contributed by atoms with Crippen LogP contribution >= 0.6 is 0 Å². The van der Waals surface area contributed by atoms with Crippen molar-refractivity contribution in [2.75, 3.05) is 5.32 Å². The first-order valence-corrected chi connectivity index (χ1v) is 6.39. The molecule has 20 heavy (non-hydrogen) atoms. The van der Waals surface area contributed by atoms with Gasteiger partial charge in [-0.05, 0) is 29.0 Å². The third kappa shape index (κ3) is 2.48. The van der Waals surface area contributed by atoms with Gasteiger partial charge in [0.15, 0.2) is 11.6 Å². The molecule has 1 N–H and O–H groups in total. The van der Waals surface area contributed by atoms with Gasteiger partial charge in [0.1, 0.15) is 0 Å². The van der Waals surface area contributed by atoms with E-state index in [4.69, 9.17) is 0 Å². The summed E-state index contributed by atoms with van der Waals surface area (Å²) in [5.41, 5.74) is 1.20. The van der Waals surface area contributed by atoms with Crippen LogP contribution in [0.4, 0.5) is 14.5 Å². The van der Waals surface area contributed by atoms with E-state index in [-0.39, 0.29) is 6.54 Å². The maximum atomic E-state index is 13.5. The predicted octanol–water partition coefficient (Wildman–Crippen LogP) is 4.73. The third-order valence-corrected chi connectivity index (χ3v) is 3.26. The van der Waals surface area contributed by atoms with E-state index in [9.17, 15) is 8.78 Å². The second-order valence-corrected chi connectivity index (χ2v) is 4.63. The summed E-state index contributed by atoms with van der Waals surface area (Å²) in [6, 6.07) is 18.1. The molecule has 0 atom stereocenters. The van der Waals surface area contributed by atoms with Gasteiger partial charge in [-0.25, -0.2) is 8.78 Å². The topological polar surface area (TPSA) is 12.0 Å². The number of nitrogens with one attached hydrogen (secondary N) is 1. The minimum absolute atomic E-state index is 0.252. The Kier molecular flexibility index (Phi) is 3.33. The number of hydrogen-bond acceptors (Lipinski definition) is 1. The first kappa shape index (κ1) is 12.6. The molecule has 0 fully saturated rings. The van der Waals surface area contributed by atoms with Crippen molar-refractivity contribution in [2.24, 2.45) is 0 Å². The highest BCUT2D eigenvalue weighted by Gasteiger charge is 2.07. The van der Waals surface area contributed by atoms with Gasteiger partial charge in [0.2, 0.25) is 0 Å². The van der Waals surface area contributed by atoms with Gasteiger partial charge in [-0.15, -0.1) is 0 Å². The lowest BCUT2D eigenvalue weighted by Crippen LogP contribution is -2.03. The summed E-state index contributed by atoms with van der Waals surface area (Å²) in [7, 11) is 0. The fourth-order valence-electron chi connectivity index (χ4n) is 2.18. The van der Waals surface area contributed by atoms with E-state index >= 15 is 0 Å². The summed E-state index contributed by atoms with van der Waals surface area (Å²) in [6.45, 7) is 0.252. The van der Waals surface area contributed by atoms with Crippen molar-refractivity contribution in [3.8, 4) is 0 Å². The SMILES string of the molecule is Fc1cccc(CNc2ccc3ccccc3c2)c1F. The van der Waals surface area contributed by atoms with Crippen LogP contribution in [-0.4, -0.2) is 0 Å². The third-order valence-electron chi connectivity index (χ3n) is 3.26. The van der Waals surface area contributed by atoms with Crippen molar-refractivity contribution in [3.63, 3.8) is 0 Å². The van der Waals surface area contributed by atoms with E-state index in [1.54, 1.807) is 6.07 Å². The molecule has 0 aliphatic carbocycles. The molecule has 0 saturated heterocycles. The lowest BCUT2D eigenvalue weighted by atomic mass is 10.1. The Morgan fingerprint density at radius 3 is 2.45 bits per heavy atom. The molecule has 3 heteroatoms. The summed E-state index contributed by atoms with van der Waals surface area (Å²) in [5.74, 6) is -1.61. The molecule has 100 valence electrons. The molecule has 0 radical (unpaired) electrons. The Balaban J connectivity index is 1.81. The Labute approximate surface area is 115 Å². The van der Waals surface area contributed by atoms with E-state index in [2.05, 4.69) is 5.32 Å². The fourth-order valence-corrected chi connectivity index (χ4v) is 2.18. The highest BCUT2D eigenvalue weighted by atomic mass is 19.2. The number of halogens is 2. The predicted molar refractivity (Wildman–Crippen MR) is 77.6 cm³/mol. The van der Waals surface area contributed by atoms with E-state index in [0.717, 1.165) is 22.5 Å². The molecule has 3 aromatic rings. The van der Waals surface area contributed by atoms with Crippen LogP contribution in [0, 0.1) is 11.6 Å². The van der Waals surface area contributed by atoms with Gasteiger partial charge >= 0.3 is 0 Å². The quantitative estimate of drug-likeness (QED) is 0.724. The average molecular weight is 269 g/mol. The molecule has 1 nitrogen and oxygen atoms in total. The number of anilines is 1. The van der Waals surface area contributed by atoms with E-state index in [0.29, 0.717) is 5.56 Å². The molecule has 3 aromatic carbocycles. The number of fused-ring (bicyclic) bond motifs is 1. The summed E-state index contributed by atoms with van der Waals surface area (Å²) in [5, 5.41) is 5.37. The van der Waals surface area contributed by atoms with Gasteiger partial charge in [0, 0.05) is 17.8 Å². The van der Waals surface area contributed by atoms with Crippen LogP contribution in [0.2, 0.25) is 0 Å². The highest BCUT2D eigenvalue weighted by Crippen LogP contribution is 2.20. The molecule has 0 saturated carbocycles. The Hall–Kier alpha value is -2.42. The zero-order valence-electron chi connectivity index (χ0n) is 10.7. The Morgan fingerprint density at radius 1 is 0.800 bits per heavy atom. The molecule has 0 heterocycles. The van der Waals surface area contributed by atoms with Crippen molar-refractivity contribution in [1.29, 1.82) is 0 Å². The van der Waals surface area contributed by atoms with E-state index in [1.807, 2.05) is 42.5 Å². The lowest BCUT2D eigenvalue weighted by Gasteiger charge is -2.09. The van der Waals surface area contributed by atoms with Gasteiger partial charge in [0.05, 0.1) is 0 Å². The van der Waals surface area contributed by atoms with Gasteiger partial charge in [0.25, 0.3) is 0 Å². The number of rotatable bonds is 3. The number of hydrogen-bond donors (Lipinski definition) is 1. The molecule has 0 aliphatic rings. The van der Waals surface area contributed by atoms with Crippen molar-refractivity contribution >= 4 is 16.5 Å². The summed E-state index contributed by atoms with van der Waals surface area (Å²) >= 11 is 0. The summed E-state index contributed by atoms with van der Waals surface area (Å²) < 4.78 is 26.7. The van der Waals surface area contributed by atoms with Crippen molar-refractivity contribution in [3.05, 3.63) is 77.9 Å². The van der Waals surface area contributed by atoms with Crippen LogP contribution in [0.1, 0.15) is 5.56 Å². The Bertz CT molecular complexity index is 753. The zero-order chi connectivity index (χ0) is 13.9. The fraction of sp³-hybridized carbons (Fsp3) is 0.0588. The molecule has 0 bridgehead atoms. The standard InChI is InChI=1S/C17H13F2N/c18-16-7-3-6-14(17(16)19)11-20-15-9-8-12-4-1-2-5-13(12)10-15/h1-10,20H,11H2. The van der Waals surface area contributed by atoms with E-state index in [1.165, 1.54) is 6.07 Å². The molecule has 0 spiro atoms. The lowest BCUT2D eigenvalue weighted by molar-refractivity contribution is 0.500. The van der Waals surface area contributed by atoms with Crippen molar-refractivity contribution < 1.29 is 8.78 Å². The second kappa shape index (κ2) is 5.29. The van der Waals surface area contributed by atoms with Gasteiger partial charge in [-0.3, -0.25) is 0 Å². The molecular weight excluding hydrogens is 256 g/mol. The molecule has 0 aliphatic heterocycles. The minimum Gasteiger partial charge on any atom is -0.381 e. The van der Waals surface area contributed by atoms with Crippen LogP contribution in [0.3, 0.4) is 0 Å². The van der Waals surface area contributed by atoms with E-state index < -0.39 is 11.6 Å².